The van der Waals surface area contributed by atoms with Crippen LogP contribution in [0.2, 0.25) is 0 Å². The molecule has 2 rings (SSSR count). The lowest BCUT2D eigenvalue weighted by molar-refractivity contribution is 0.627. The molecule has 3 nitrogen and oxygen atoms in total. The Bertz CT molecular complexity index is 496. The molecule has 0 amide bonds. The highest BCUT2D eigenvalue weighted by molar-refractivity contribution is 14.1. The highest BCUT2D eigenvalue weighted by atomic mass is 127. The third-order valence-corrected chi connectivity index (χ3v) is 2.76. The number of aromatic nitrogens is 2. The molecule has 0 atom stereocenters. The van der Waals surface area contributed by atoms with E-state index < -0.39 is 0 Å². The number of hydrogen-bond acceptors (Lipinski definition) is 3. The normalized spacial score (nSPS) is 10.2. The van der Waals surface area contributed by atoms with E-state index in [-0.39, 0.29) is 5.82 Å². The number of halogens is 2. The number of rotatable bonds is 2. The largest absolute Gasteiger partial charge is 0.339 e. The maximum absolute atomic E-state index is 13.2. The highest BCUT2D eigenvalue weighted by Gasteiger charge is 2.03. The molecule has 0 bridgehead atoms. The van der Waals surface area contributed by atoms with Crippen molar-refractivity contribution in [1.82, 2.24) is 9.97 Å². The molecule has 2 aromatic rings. The summed E-state index contributed by atoms with van der Waals surface area (Å²) in [6, 6.07) is 4.78. The number of nitrogens with one attached hydrogen (secondary N) is 1. The van der Waals surface area contributed by atoms with Crippen LogP contribution in [-0.2, 0) is 0 Å². The monoisotopic (exact) mass is 329 g/mol. The van der Waals surface area contributed by atoms with E-state index in [0.29, 0.717) is 11.5 Å². The van der Waals surface area contributed by atoms with Gasteiger partial charge in [-0.05, 0) is 53.3 Å². The maximum Gasteiger partial charge on any atom is 0.147 e. The van der Waals surface area contributed by atoms with Gasteiger partial charge in [0, 0.05) is 11.9 Å². The standard InChI is InChI=1S/C11H9FIN3/c1-7-2-8(12)4-9(3-7)16-11-10(13)5-14-6-15-11/h2-6H,1H3,(H,14,15,16). The molecule has 0 fully saturated rings. The molecule has 0 spiro atoms. The van der Waals surface area contributed by atoms with Crippen LogP contribution < -0.4 is 5.32 Å². The summed E-state index contributed by atoms with van der Waals surface area (Å²) in [6.45, 7) is 1.85. The van der Waals surface area contributed by atoms with E-state index in [4.69, 9.17) is 0 Å². The van der Waals surface area contributed by atoms with Gasteiger partial charge >= 0.3 is 0 Å². The second-order valence-corrected chi connectivity index (χ2v) is 4.52. The van der Waals surface area contributed by atoms with Crippen LogP contribution in [0.3, 0.4) is 0 Å². The number of hydrogen-bond donors (Lipinski definition) is 1. The van der Waals surface area contributed by atoms with E-state index >= 15 is 0 Å². The summed E-state index contributed by atoms with van der Waals surface area (Å²) >= 11 is 2.12. The zero-order valence-electron chi connectivity index (χ0n) is 8.54. The first-order chi connectivity index (χ1) is 7.65. The Hall–Kier alpha value is -1.24. The fourth-order valence-corrected chi connectivity index (χ4v) is 1.78. The zero-order chi connectivity index (χ0) is 11.5. The summed E-state index contributed by atoms with van der Waals surface area (Å²) in [5.74, 6) is 0.423. The molecule has 0 saturated heterocycles. The zero-order valence-corrected chi connectivity index (χ0v) is 10.7. The van der Waals surface area contributed by atoms with Crippen LogP contribution >= 0.6 is 22.6 Å². The molecule has 0 radical (unpaired) electrons. The lowest BCUT2D eigenvalue weighted by atomic mass is 10.2. The molecular formula is C11H9FIN3. The summed E-state index contributed by atoms with van der Waals surface area (Å²) in [7, 11) is 0. The molecule has 82 valence electrons. The topological polar surface area (TPSA) is 37.8 Å². The Morgan fingerprint density at radius 3 is 2.81 bits per heavy atom. The van der Waals surface area contributed by atoms with Gasteiger partial charge in [-0.2, -0.15) is 0 Å². The van der Waals surface area contributed by atoms with Crippen molar-refractivity contribution in [3.63, 3.8) is 0 Å². The van der Waals surface area contributed by atoms with Gasteiger partial charge in [0.2, 0.25) is 0 Å². The molecule has 1 aromatic carbocycles. The number of aryl methyl sites for hydroxylation is 1. The minimum Gasteiger partial charge on any atom is -0.339 e. The maximum atomic E-state index is 13.2. The number of anilines is 2. The highest BCUT2D eigenvalue weighted by Crippen LogP contribution is 2.20. The van der Waals surface area contributed by atoms with E-state index in [0.717, 1.165) is 9.13 Å². The molecule has 1 heterocycles. The van der Waals surface area contributed by atoms with Gasteiger partial charge in [-0.15, -0.1) is 0 Å². The Labute approximate surface area is 106 Å². The van der Waals surface area contributed by atoms with Crippen LogP contribution in [0, 0.1) is 16.3 Å². The Kier molecular flexibility index (Phi) is 3.33. The van der Waals surface area contributed by atoms with Gasteiger partial charge in [-0.1, -0.05) is 0 Å². The van der Waals surface area contributed by atoms with Crippen molar-refractivity contribution >= 4 is 34.1 Å². The lowest BCUT2D eigenvalue weighted by Crippen LogP contribution is -1.97. The SMILES string of the molecule is Cc1cc(F)cc(Nc2ncncc2I)c1. The summed E-state index contributed by atoms with van der Waals surface area (Å²) in [4.78, 5) is 7.97. The minimum absolute atomic E-state index is 0.258. The van der Waals surface area contributed by atoms with Crippen LogP contribution in [0.4, 0.5) is 15.9 Å². The molecule has 1 N–H and O–H groups in total. The van der Waals surface area contributed by atoms with Gasteiger partial charge in [0.1, 0.15) is 18.0 Å². The summed E-state index contributed by atoms with van der Waals surface area (Å²) in [5, 5.41) is 3.06. The molecule has 5 heteroatoms. The molecule has 0 aliphatic carbocycles. The molecule has 0 aliphatic rings. The summed E-state index contributed by atoms with van der Waals surface area (Å²) < 4.78 is 14.0. The Balaban J connectivity index is 2.30. The predicted molar refractivity (Wildman–Crippen MR) is 69.2 cm³/mol. The quantitative estimate of drug-likeness (QED) is 0.860. The van der Waals surface area contributed by atoms with Gasteiger partial charge in [-0.3, -0.25) is 0 Å². The van der Waals surface area contributed by atoms with Crippen molar-refractivity contribution in [1.29, 1.82) is 0 Å². The molecule has 0 saturated carbocycles. The molecule has 1 aromatic heterocycles. The van der Waals surface area contributed by atoms with E-state index in [9.17, 15) is 4.39 Å². The van der Waals surface area contributed by atoms with Gasteiger partial charge in [0.25, 0.3) is 0 Å². The average molecular weight is 329 g/mol. The van der Waals surface area contributed by atoms with E-state index in [1.54, 1.807) is 6.20 Å². The second kappa shape index (κ2) is 4.73. The van der Waals surface area contributed by atoms with Gasteiger partial charge in [-0.25, -0.2) is 14.4 Å². The van der Waals surface area contributed by atoms with Crippen molar-refractivity contribution in [2.24, 2.45) is 0 Å². The van der Waals surface area contributed by atoms with Crippen molar-refractivity contribution < 1.29 is 4.39 Å². The predicted octanol–water partition coefficient (Wildman–Crippen LogP) is 3.27. The van der Waals surface area contributed by atoms with E-state index in [1.165, 1.54) is 18.5 Å². The Morgan fingerprint density at radius 2 is 2.12 bits per heavy atom. The fourth-order valence-electron chi connectivity index (χ4n) is 1.35. The van der Waals surface area contributed by atoms with Crippen LogP contribution in [0.25, 0.3) is 0 Å². The first kappa shape index (κ1) is 11.3. The van der Waals surface area contributed by atoms with Gasteiger partial charge in [0.05, 0.1) is 3.57 Å². The smallest absolute Gasteiger partial charge is 0.147 e. The molecule has 0 aliphatic heterocycles. The van der Waals surface area contributed by atoms with Crippen LogP contribution in [-0.4, -0.2) is 9.97 Å². The van der Waals surface area contributed by atoms with Crippen LogP contribution in [0.1, 0.15) is 5.56 Å². The van der Waals surface area contributed by atoms with Gasteiger partial charge in [0.15, 0.2) is 0 Å². The van der Waals surface area contributed by atoms with Crippen LogP contribution in [0.5, 0.6) is 0 Å². The molecular weight excluding hydrogens is 320 g/mol. The average Bonchev–Trinajstić information content (AvgIpc) is 2.20. The molecule has 0 unspecified atom stereocenters. The van der Waals surface area contributed by atoms with Crippen molar-refractivity contribution in [3.05, 3.63) is 45.7 Å². The lowest BCUT2D eigenvalue weighted by Gasteiger charge is -2.07. The Morgan fingerprint density at radius 1 is 1.31 bits per heavy atom. The fraction of sp³-hybridized carbons (Fsp3) is 0.0909. The summed E-state index contributed by atoms with van der Waals surface area (Å²) in [6.07, 6.45) is 3.15. The molecule has 16 heavy (non-hydrogen) atoms. The van der Waals surface area contributed by atoms with Crippen molar-refractivity contribution in [2.45, 2.75) is 6.92 Å². The first-order valence-corrected chi connectivity index (χ1v) is 5.73. The number of nitrogens with zero attached hydrogens (tertiary/aromatic N) is 2. The third-order valence-electron chi connectivity index (χ3n) is 1.97. The minimum atomic E-state index is -0.258. The first-order valence-electron chi connectivity index (χ1n) is 4.65. The van der Waals surface area contributed by atoms with Gasteiger partial charge < -0.3 is 5.32 Å². The van der Waals surface area contributed by atoms with E-state index in [1.807, 2.05) is 13.0 Å². The third kappa shape index (κ3) is 2.66. The van der Waals surface area contributed by atoms with E-state index in [2.05, 4.69) is 37.9 Å². The number of benzene rings is 1. The second-order valence-electron chi connectivity index (χ2n) is 3.36. The van der Waals surface area contributed by atoms with Crippen molar-refractivity contribution in [3.8, 4) is 0 Å². The van der Waals surface area contributed by atoms with Crippen molar-refractivity contribution in [2.75, 3.05) is 5.32 Å². The summed E-state index contributed by atoms with van der Waals surface area (Å²) in [5.41, 5.74) is 1.56. The van der Waals surface area contributed by atoms with Crippen LogP contribution in [0.15, 0.2) is 30.7 Å².